The Hall–Kier alpha value is -3.85. The molecule has 4 aromatic rings. The number of halogens is 2. The van der Waals surface area contributed by atoms with E-state index >= 15 is 0 Å². The number of amides is 2. The summed E-state index contributed by atoms with van der Waals surface area (Å²) in [5, 5.41) is 3.13. The van der Waals surface area contributed by atoms with Gasteiger partial charge in [0.05, 0.1) is 20.6 Å². The van der Waals surface area contributed by atoms with E-state index in [9.17, 15) is 18.0 Å². The van der Waals surface area contributed by atoms with E-state index in [4.69, 9.17) is 23.2 Å². The van der Waals surface area contributed by atoms with Crippen molar-refractivity contribution in [3.63, 3.8) is 0 Å². The van der Waals surface area contributed by atoms with E-state index in [1.807, 2.05) is 82.3 Å². The third kappa shape index (κ3) is 8.90. The van der Waals surface area contributed by atoms with E-state index in [0.717, 1.165) is 26.6 Å². The molecule has 0 unspecified atom stereocenters. The molecule has 0 heterocycles. The van der Waals surface area contributed by atoms with Crippen LogP contribution in [0.25, 0.3) is 0 Å². The van der Waals surface area contributed by atoms with Crippen LogP contribution < -0.4 is 9.62 Å². The number of nitrogens with zero attached hydrogens (tertiary/aromatic N) is 2. The van der Waals surface area contributed by atoms with Crippen molar-refractivity contribution in [2.75, 3.05) is 17.4 Å². The smallest absolute Gasteiger partial charge is 0.264 e. The Balaban J connectivity index is 1.82. The van der Waals surface area contributed by atoms with Crippen molar-refractivity contribution < 1.29 is 18.0 Å². The van der Waals surface area contributed by atoms with Crippen molar-refractivity contribution in [1.82, 2.24) is 10.2 Å². The van der Waals surface area contributed by atoms with Gasteiger partial charge in [-0.2, -0.15) is 0 Å². The van der Waals surface area contributed by atoms with Crippen LogP contribution in [0.15, 0.2) is 102 Å². The van der Waals surface area contributed by atoms with Crippen molar-refractivity contribution in [3.8, 4) is 0 Å². The first-order chi connectivity index (χ1) is 21.9. The fourth-order valence-corrected chi connectivity index (χ4v) is 6.78. The molecule has 0 aliphatic rings. The largest absolute Gasteiger partial charge is 0.354 e. The van der Waals surface area contributed by atoms with Gasteiger partial charge in [-0.05, 0) is 55.2 Å². The van der Waals surface area contributed by atoms with E-state index in [-0.39, 0.29) is 45.4 Å². The second-order valence-corrected chi connectivity index (χ2v) is 14.4. The summed E-state index contributed by atoms with van der Waals surface area (Å²) < 4.78 is 29.4. The van der Waals surface area contributed by atoms with Gasteiger partial charge in [0.1, 0.15) is 12.6 Å². The highest BCUT2D eigenvalue weighted by Crippen LogP contribution is 2.35. The van der Waals surface area contributed by atoms with E-state index in [2.05, 4.69) is 5.32 Å². The molecule has 46 heavy (non-hydrogen) atoms. The number of hydrogen-bond acceptors (Lipinski definition) is 4. The number of rotatable bonds is 13. The summed E-state index contributed by atoms with van der Waals surface area (Å²) >= 11 is 12.9. The Bertz CT molecular complexity index is 1750. The maximum Gasteiger partial charge on any atom is 0.264 e. The molecule has 1 N–H and O–H groups in total. The first kappa shape index (κ1) is 35.0. The third-order valence-corrected chi connectivity index (χ3v) is 10.1. The van der Waals surface area contributed by atoms with Crippen LogP contribution in [0.2, 0.25) is 10.0 Å². The van der Waals surface area contributed by atoms with Gasteiger partial charge in [-0.25, -0.2) is 8.42 Å². The van der Waals surface area contributed by atoms with Gasteiger partial charge in [0.15, 0.2) is 0 Å². The van der Waals surface area contributed by atoms with Crippen molar-refractivity contribution >= 4 is 50.7 Å². The number of nitrogens with one attached hydrogen (secondary N) is 1. The summed E-state index contributed by atoms with van der Waals surface area (Å²) in [6.45, 7) is 7.67. The number of hydrogen-bond donors (Lipinski definition) is 1. The van der Waals surface area contributed by atoms with Crippen LogP contribution in [0.5, 0.6) is 0 Å². The monoisotopic (exact) mass is 679 g/mol. The lowest BCUT2D eigenvalue weighted by molar-refractivity contribution is -0.140. The zero-order chi connectivity index (χ0) is 33.4. The van der Waals surface area contributed by atoms with Crippen LogP contribution in [-0.4, -0.2) is 44.3 Å². The number of sulfonamides is 1. The van der Waals surface area contributed by atoms with Crippen LogP contribution in [-0.2, 0) is 32.6 Å². The average molecular weight is 681 g/mol. The maximum absolute atomic E-state index is 14.6. The van der Waals surface area contributed by atoms with Crippen molar-refractivity contribution in [1.29, 1.82) is 0 Å². The molecule has 0 saturated heterocycles. The molecule has 2 amide bonds. The van der Waals surface area contributed by atoms with Gasteiger partial charge < -0.3 is 10.2 Å². The Morgan fingerprint density at radius 3 is 2.00 bits per heavy atom. The fraction of sp³-hybridized carbons (Fsp3) is 0.278. The summed E-state index contributed by atoms with van der Waals surface area (Å²) in [5.41, 5.74) is 3.63. The molecule has 0 aliphatic carbocycles. The number of carbonyl (C=O) groups excluding carboxylic acids is 2. The SMILES string of the molecule is Cc1ccc(CN(C(=O)CN(c2cccc(Cl)c2Cl)S(=O)(=O)c2ccc(C)cc2)[C@H](Cc2ccccc2)C(=O)NCC(C)C)cc1. The van der Waals surface area contributed by atoms with E-state index in [1.165, 1.54) is 23.1 Å². The summed E-state index contributed by atoms with van der Waals surface area (Å²) in [5.74, 6) is -0.720. The number of benzene rings is 4. The molecule has 7 nitrogen and oxygen atoms in total. The van der Waals surface area contributed by atoms with E-state index in [0.29, 0.717) is 6.54 Å². The van der Waals surface area contributed by atoms with Gasteiger partial charge in [0.2, 0.25) is 11.8 Å². The molecule has 4 rings (SSSR count). The summed E-state index contributed by atoms with van der Waals surface area (Å²) in [6, 6.07) is 27.1. The Morgan fingerprint density at radius 2 is 1.39 bits per heavy atom. The molecule has 1 atom stereocenters. The lowest BCUT2D eigenvalue weighted by Crippen LogP contribution is -2.53. The highest BCUT2D eigenvalue weighted by atomic mass is 35.5. The zero-order valence-electron chi connectivity index (χ0n) is 26.4. The molecule has 0 aromatic heterocycles. The first-order valence-corrected chi connectivity index (χ1v) is 17.3. The summed E-state index contributed by atoms with van der Waals surface area (Å²) in [7, 11) is -4.30. The number of anilines is 1. The first-order valence-electron chi connectivity index (χ1n) is 15.1. The molecule has 242 valence electrons. The topological polar surface area (TPSA) is 86.8 Å². The average Bonchev–Trinajstić information content (AvgIpc) is 3.03. The molecule has 0 bridgehead atoms. The van der Waals surface area contributed by atoms with Gasteiger partial charge >= 0.3 is 0 Å². The summed E-state index contributed by atoms with van der Waals surface area (Å²) in [6.07, 6.45) is 0.227. The minimum absolute atomic E-state index is 0.00625. The van der Waals surface area contributed by atoms with Crippen molar-refractivity contribution in [2.45, 2.75) is 51.6 Å². The minimum Gasteiger partial charge on any atom is -0.354 e. The van der Waals surface area contributed by atoms with Crippen LogP contribution >= 0.6 is 23.2 Å². The lowest BCUT2D eigenvalue weighted by Gasteiger charge is -2.34. The standard InChI is InChI=1S/C36H39Cl2N3O4S/c1-25(2)22-39-36(43)33(21-28-9-6-5-7-10-28)40(23-29-17-13-26(3)14-18-29)34(42)24-41(32-12-8-11-31(37)35(32)38)46(44,45)30-19-15-27(4)16-20-30/h5-20,25,33H,21-24H2,1-4H3,(H,39,43)/t33-/m1/s1. The molecule has 0 fully saturated rings. The highest BCUT2D eigenvalue weighted by Gasteiger charge is 2.35. The van der Waals surface area contributed by atoms with Crippen LogP contribution in [0.4, 0.5) is 5.69 Å². The van der Waals surface area contributed by atoms with Gasteiger partial charge in [0.25, 0.3) is 10.0 Å². The van der Waals surface area contributed by atoms with Crippen LogP contribution in [0.1, 0.15) is 36.1 Å². The van der Waals surface area contributed by atoms with Gasteiger partial charge in [-0.3, -0.25) is 13.9 Å². The number of aryl methyl sites for hydroxylation is 2. The maximum atomic E-state index is 14.6. The van der Waals surface area contributed by atoms with Crippen molar-refractivity contribution in [2.24, 2.45) is 5.92 Å². The molecule has 10 heteroatoms. The Kier molecular flexibility index (Phi) is 11.9. The number of carbonyl (C=O) groups is 2. The van der Waals surface area contributed by atoms with Crippen molar-refractivity contribution in [3.05, 3.63) is 129 Å². The molecular formula is C36H39Cl2N3O4S. The third-order valence-electron chi connectivity index (χ3n) is 7.52. The minimum atomic E-state index is -4.30. The molecule has 0 saturated carbocycles. The zero-order valence-corrected chi connectivity index (χ0v) is 28.7. The fourth-order valence-electron chi connectivity index (χ4n) is 4.90. The lowest BCUT2D eigenvalue weighted by atomic mass is 10.0. The van der Waals surface area contributed by atoms with Gasteiger partial charge in [0, 0.05) is 19.5 Å². The molecular weight excluding hydrogens is 641 g/mol. The molecule has 4 aromatic carbocycles. The Morgan fingerprint density at radius 1 is 0.783 bits per heavy atom. The molecule has 0 aliphatic heterocycles. The van der Waals surface area contributed by atoms with Crippen LogP contribution in [0.3, 0.4) is 0 Å². The quantitative estimate of drug-likeness (QED) is 0.162. The normalized spacial score (nSPS) is 12.1. The van der Waals surface area contributed by atoms with E-state index < -0.39 is 28.5 Å². The molecule has 0 spiro atoms. The van der Waals surface area contributed by atoms with Gasteiger partial charge in [-0.1, -0.05) is 121 Å². The van der Waals surface area contributed by atoms with Gasteiger partial charge in [-0.15, -0.1) is 0 Å². The Labute approximate surface area is 282 Å². The second-order valence-electron chi connectivity index (χ2n) is 11.7. The predicted molar refractivity (Wildman–Crippen MR) is 186 cm³/mol. The molecule has 0 radical (unpaired) electrons. The predicted octanol–water partition coefficient (Wildman–Crippen LogP) is 7.22. The second kappa shape index (κ2) is 15.6. The van der Waals surface area contributed by atoms with E-state index in [1.54, 1.807) is 24.3 Å². The van der Waals surface area contributed by atoms with Crippen LogP contribution in [0, 0.1) is 19.8 Å². The highest BCUT2D eigenvalue weighted by molar-refractivity contribution is 7.92. The summed E-state index contributed by atoms with van der Waals surface area (Å²) in [4.78, 5) is 29.9.